The maximum absolute atomic E-state index is 12.8. The van der Waals surface area contributed by atoms with Gasteiger partial charge in [0.1, 0.15) is 18.9 Å². The van der Waals surface area contributed by atoms with Gasteiger partial charge in [0.25, 0.3) is 11.7 Å². The summed E-state index contributed by atoms with van der Waals surface area (Å²) in [6.07, 6.45) is 2.07. The van der Waals surface area contributed by atoms with E-state index in [0.717, 1.165) is 15.5 Å². The summed E-state index contributed by atoms with van der Waals surface area (Å²) in [5, 5.41) is 22.9. The zero-order valence-corrected chi connectivity index (χ0v) is 14.6. The topological polar surface area (TPSA) is 87.2 Å². The van der Waals surface area contributed by atoms with Crippen LogP contribution < -0.4 is 0 Å². The molecule has 1 atom stereocenters. The molecule has 0 aromatic carbocycles. The van der Waals surface area contributed by atoms with Crippen molar-refractivity contribution in [2.75, 3.05) is 0 Å². The second kappa shape index (κ2) is 6.58. The quantitative estimate of drug-likeness (QED) is 0.708. The number of nitriles is 1. The number of hydrogen-bond donors (Lipinski definition) is 0. The van der Waals surface area contributed by atoms with Crippen molar-refractivity contribution in [2.24, 2.45) is 5.10 Å². The standard InChI is InChI=1S/C16H12N6OS2/c17-8-15-18-10-21(20-15)9-16(23)22-12(14-4-2-6-25-14)7-11(19-22)13-3-1-5-24-13/h1-6,10,12H,7,9H2/t12-/m1/s1. The monoisotopic (exact) mass is 368 g/mol. The molecule has 0 aliphatic carbocycles. The van der Waals surface area contributed by atoms with E-state index in [1.54, 1.807) is 22.7 Å². The average molecular weight is 368 g/mol. The number of aromatic nitrogens is 3. The summed E-state index contributed by atoms with van der Waals surface area (Å²) in [5.74, 6) is -0.133. The first-order chi connectivity index (χ1) is 12.2. The van der Waals surface area contributed by atoms with E-state index >= 15 is 0 Å². The van der Waals surface area contributed by atoms with Gasteiger partial charge in [-0.05, 0) is 22.9 Å². The fraction of sp³-hybridized carbons (Fsp3) is 0.188. The summed E-state index contributed by atoms with van der Waals surface area (Å²) in [7, 11) is 0. The van der Waals surface area contributed by atoms with Crippen molar-refractivity contribution in [3.05, 3.63) is 56.9 Å². The van der Waals surface area contributed by atoms with Crippen LogP contribution in [0, 0.1) is 11.3 Å². The van der Waals surface area contributed by atoms with Gasteiger partial charge in [-0.3, -0.25) is 4.79 Å². The molecule has 1 amide bonds. The minimum absolute atomic E-state index is 0.00221. The number of carbonyl (C=O) groups excluding carboxylic acids is 1. The minimum atomic E-state index is -0.181. The molecule has 0 unspecified atom stereocenters. The zero-order chi connectivity index (χ0) is 17.2. The van der Waals surface area contributed by atoms with Gasteiger partial charge in [-0.2, -0.15) is 10.4 Å². The first-order valence-corrected chi connectivity index (χ1v) is 9.27. The van der Waals surface area contributed by atoms with E-state index in [9.17, 15) is 4.79 Å². The molecule has 0 fully saturated rings. The number of hydrogen-bond acceptors (Lipinski definition) is 7. The lowest BCUT2D eigenvalue weighted by atomic mass is 10.1. The zero-order valence-electron chi connectivity index (χ0n) is 12.9. The Bertz CT molecular complexity index is 951. The van der Waals surface area contributed by atoms with E-state index in [4.69, 9.17) is 5.26 Å². The van der Waals surface area contributed by atoms with Crippen LogP contribution in [0.2, 0.25) is 0 Å². The summed E-state index contributed by atoms with van der Waals surface area (Å²) in [4.78, 5) is 18.8. The molecule has 0 radical (unpaired) electrons. The summed E-state index contributed by atoms with van der Waals surface area (Å²) < 4.78 is 1.37. The third kappa shape index (κ3) is 3.09. The van der Waals surface area contributed by atoms with Crippen LogP contribution in [0.25, 0.3) is 0 Å². The molecule has 4 rings (SSSR count). The van der Waals surface area contributed by atoms with Gasteiger partial charge in [0.05, 0.1) is 16.6 Å². The maximum Gasteiger partial charge on any atom is 0.265 e. The van der Waals surface area contributed by atoms with Crippen molar-refractivity contribution in [2.45, 2.75) is 19.0 Å². The molecule has 0 spiro atoms. The van der Waals surface area contributed by atoms with Crippen LogP contribution in [-0.2, 0) is 11.3 Å². The lowest BCUT2D eigenvalue weighted by molar-refractivity contribution is -0.133. The molecule has 4 heterocycles. The van der Waals surface area contributed by atoms with Crippen LogP contribution in [0.1, 0.15) is 28.0 Å². The van der Waals surface area contributed by atoms with Crippen LogP contribution in [0.15, 0.2) is 46.5 Å². The highest BCUT2D eigenvalue weighted by Gasteiger charge is 2.34. The van der Waals surface area contributed by atoms with Crippen molar-refractivity contribution >= 4 is 34.3 Å². The predicted molar refractivity (Wildman–Crippen MR) is 94.1 cm³/mol. The van der Waals surface area contributed by atoms with Crippen molar-refractivity contribution < 1.29 is 4.79 Å². The van der Waals surface area contributed by atoms with E-state index in [-0.39, 0.29) is 24.3 Å². The summed E-state index contributed by atoms with van der Waals surface area (Å²) in [6.45, 7) is -0.00221. The molecular formula is C16H12N6OS2. The molecule has 124 valence electrons. The Morgan fingerprint density at radius 2 is 2.16 bits per heavy atom. The predicted octanol–water partition coefficient (Wildman–Crippen LogP) is 2.65. The number of hydrazone groups is 1. The van der Waals surface area contributed by atoms with Crippen LogP contribution >= 0.6 is 22.7 Å². The van der Waals surface area contributed by atoms with Crippen molar-refractivity contribution in [1.82, 2.24) is 19.8 Å². The van der Waals surface area contributed by atoms with Gasteiger partial charge in [0, 0.05) is 11.3 Å². The highest BCUT2D eigenvalue weighted by Crippen LogP contribution is 2.35. The molecule has 0 saturated carbocycles. The van der Waals surface area contributed by atoms with Gasteiger partial charge >= 0.3 is 0 Å². The Morgan fingerprint density at radius 3 is 2.84 bits per heavy atom. The first-order valence-electron chi connectivity index (χ1n) is 7.51. The van der Waals surface area contributed by atoms with Gasteiger partial charge in [0.15, 0.2) is 0 Å². The number of thiophene rings is 2. The van der Waals surface area contributed by atoms with Crippen molar-refractivity contribution in [1.29, 1.82) is 5.26 Å². The molecule has 3 aromatic rings. The third-order valence-electron chi connectivity index (χ3n) is 3.78. The molecule has 25 heavy (non-hydrogen) atoms. The SMILES string of the molecule is N#Cc1ncn(CC(=O)N2N=C(c3cccs3)C[C@@H]2c2cccs2)n1. The van der Waals surface area contributed by atoms with Crippen LogP contribution in [0.5, 0.6) is 0 Å². The summed E-state index contributed by atoms with van der Waals surface area (Å²) in [5.41, 5.74) is 0.915. The fourth-order valence-electron chi connectivity index (χ4n) is 2.67. The van der Waals surface area contributed by atoms with E-state index in [0.29, 0.717) is 6.42 Å². The molecule has 0 bridgehead atoms. The largest absolute Gasteiger partial charge is 0.271 e. The highest BCUT2D eigenvalue weighted by atomic mass is 32.1. The molecule has 1 aliphatic rings. The van der Waals surface area contributed by atoms with Crippen LogP contribution in [0.3, 0.4) is 0 Å². The number of rotatable bonds is 4. The lowest BCUT2D eigenvalue weighted by Crippen LogP contribution is -2.30. The Labute approximate surface area is 151 Å². The second-order valence-electron chi connectivity index (χ2n) is 5.38. The summed E-state index contributed by atoms with van der Waals surface area (Å²) >= 11 is 3.23. The van der Waals surface area contributed by atoms with Gasteiger partial charge < -0.3 is 0 Å². The van der Waals surface area contributed by atoms with E-state index < -0.39 is 0 Å². The van der Waals surface area contributed by atoms with Gasteiger partial charge in [0.2, 0.25) is 0 Å². The Balaban J connectivity index is 1.61. The van der Waals surface area contributed by atoms with Gasteiger partial charge in [-0.25, -0.2) is 14.7 Å². The van der Waals surface area contributed by atoms with Crippen molar-refractivity contribution in [3.63, 3.8) is 0 Å². The minimum Gasteiger partial charge on any atom is -0.271 e. The van der Waals surface area contributed by atoms with Crippen molar-refractivity contribution in [3.8, 4) is 6.07 Å². The van der Waals surface area contributed by atoms with Crippen LogP contribution in [0.4, 0.5) is 0 Å². The maximum atomic E-state index is 12.8. The molecule has 0 N–H and O–H groups in total. The Morgan fingerprint density at radius 1 is 1.32 bits per heavy atom. The highest BCUT2D eigenvalue weighted by molar-refractivity contribution is 7.12. The fourth-order valence-corrected chi connectivity index (χ4v) is 4.20. The number of nitrogens with zero attached hydrogens (tertiary/aromatic N) is 6. The van der Waals surface area contributed by atoms with E-state index in [1.807, 2.05) is 41.1 Å². The normalized spacial score (nSPS) is 16.7. The lowest BCUT2D eigenvalue weighted by Gasteiger charge is -2.20. The number of carbonyl (C=O) groups is 1. The molecule has 3 aromatic heterocycles. The van der Waals surface area contributed by atoms with Crippen LogP contribution in [-0.4, -0.2) is 31.4 Å². The van der Waals surface area contributed by atoms with E-state index in [2.05, 4.69) is 15.2 Å². The number of amides is 1. The van der Waals surface area contributed by atoms with Gasteiger partial charge in [-0.1, -0.05) is 12.1 Å². The second-order valence-corrected chi connectivity index (χ2v) is 7.30. The molecule has 7 nitrogen and oxygen atoms in total. The van der Waals surface area contributed by atoms with Gasteiger partial charge in [-0.15, -0.1) is 27.8 Å². The first kappa shape index (κ1) is 15.7. The Hall–Kier alpha value is -2.83. The molecule has 9 heteroatoms. The smallest absolute Gasteiger partial charge is 0.265 e. The molecular weight excluding hydrogens is 356 g/mol. The Kier molecular flexibility index (Phi) is 4.13. The third-order valence-corrected chi connectivity index (χ3v) is 5.67. The molecule has 1 aliphatic heterocycles. The average Bonchev–Trinajstić information content (AvgIpc) is 3.40. The summed E-state index contributed by atoms with van der Waals surface area (Å²) in [6, 6.07) is 9.73. The van der Waals surface area contributed by atoms with E-state index in [1.165, 1.54) is 16.0 Å². The molecule has 0 saturated heterocycles.